The van der Waals surface area contributed by atoms with Crippen LogP contribution < -0.4 is 0 Å². The van der Waals surface area contributed by atoms with Gasteiger partial charge in [-0.3, -0.25) is 4.79 Å². The summed E-state index contributed by atoms with van der Waals surface area (Å²) in [5.74, 6) is -1.21. The Kier molecular flexibility index (Phi) is 6.98. The summed E-state index contributed by atoms with van der Waals surface area (Å²) < 4.78 is 28.3. The third-order valence-corrected chi connectivity index (χ3v) is 5.30. The Morgan fingerprint density at radius 2 is 1.78 bits per heavy atom. The number of carbonyl (C=O) groups is 2. The van der Waals surface area contributed by atoms with Crippen LogP contribution in [-0.4, -0.2) is 44.6 Å². The lowest BCUT2D eigenvalue weighted by Crippen LogP contribution is -2.34. The molecule has 6 nitrogen and oxygen atoms in total. The highest BCUT2D eigenvalue weighted by molar-refractivity contribution is 7.90. The van der Waals surface area contributed by atoms with Crippen molar-refractivity contribution >= 4 is 33.3 Å². The zero-order valence-corrected chi connectivity index (χ0v) is 16.6. The molecule has 0 N–H and O–H groups in total. The van der Waals surface area contributed by atoms with E-state index < -0.39 is 22.4 Å². The molecule has 27 heavy (non-hydrogen) atoms. The molecule has 0 aromatic heterocycles. The first-order valence-corrected chi connectivity index (χ1v) is 10.5. The summed E-state index contributed by atoms with van der Waals surface area (Å²) in [6.07, 6.45) is 1.03. The van der Waals surface area contributed by atoms with Crippen molar-refractivity contribution in [2.45, 2.75) is 18.4 Å². The zero-order chi connectivity index (χ0) is 20.0. The minimum absolute atomic E-state index is 0.0514. The zero-order valence-electron chi connectivity index (χ0n) is 15.0. The van der Waals surface area contributed by atoms with E-state index >= 15 is 0 Å². The second kappa shape index (κ2) is 9.01. The first-order valence-electron chi connectivity index (χ1n) is 8.20. The normalized spacial score (nSPS) is 11.1. The maximum atomic E-state index is 12.3. The number of rotatable bonds is 7. The number of nitrogens with zero attached hydrogens (tertiary/aromatic N) is 1. The first kappa shape index (κ1) is 20.9. The van der Waals surface area contributed by atoms with Crippen molar-refractivity contribution in [3.63, 3.8) is 0 Å². The summed E-state index contributed by atoms with van der Waals surface area (Å²) >= 11 is 5.96. The summed E-state index contributed by atoms with van der Waals surface area (Å²) in [5.41, 5.74) is 0.862. The molecule has 0 aliphatic carbocycles. The van der Waals surface area contributed by atoms with E-state index in [1.807, 2.05) is 37.3 Å². The van der Waals surface area contributed by atoms with E-state index in [0.717, 1.165) is 17.9 Å². The second-order valence-electron chi connectivity index (χ2n) is 5.88. The van der Waals surface area contributed by atoms with Gasteiger partial charge in [-0.1, -0.05) is 41.9 Å². The molecule has 0 bridgehead atoms. The van der Waals surface area contributed by atoms with Crippen LogP contribution in [0.25, 0.3) is 0 Å². The van der Waals surface area contributed by atoms with Gasteiger partial charge in [0, 0.05) is 19.3 Å². The van der Waals surface area contributed by atoms with Crippen molar-refractivity contribution in [3.05, 3.63) is 64.7 Å². The highest BCUT2D eigenvalue weighted by Crippen LogP contribution is 2.21. The molecular formula is C19H20ClNO5S. The number of sulfone groups is 1. The molecule has 1 amide bonds. The molecule has 2 aromatic carbocycles. The quantitative estimate of drug-likeness (QED) is 0.657. The minimum atomic E-state index is -3.50. The van der Waals surface area contributed by atoms with E-state index in [1.165, 1.54) is 12.1 Å². The Morgan fingerprint density at radius 3 is 2.37 bits per heavy atom. The van der Waals surface area contributed by atoms with Gasteiger partial charge < -0.3 is 9.64 Å². The van der Waals surface area contributed by atoms with Gasteiger partial charge in [-0.25, -0.2) is 13.2 Å². The number of amides is 1. The van der Waals surface area contributed by atoms with E-state index in [0.29, 0.717) is 13.1 Å². The van der Waals surface area contributed by atoms with Crippen molar-refractivity contribution in [2.24, 2.45) is 0 Å². The molecule has 144 valence electrons. The topological polar surface area (TPSA) is 80.8 Å². The molecule has 0 radical (unpaired) electrons. The first-order chi connectivity index (χ1) is 12.7. The summed E-state index contributed by atoms with van der Waals surface area (Å²) in [6.45, 7) is 2.22. The summed E-state index contributed by atoms with van der Waals surface area (Å²) in [7, 11) is -3.50. The van der Waals surface area contributed by atoms with Gasteiger partial charge in [0.05, 0.1) is 15.5 Å². The summed E-state index contributed by atoms with van der Waals surface area (Å²) in [6, 6.07) is 13.2. The van der Waals surface area contributed by atoms with Gasteiger partial charge in [0.15, 0.2) is 16.4 Å². The molecule has 0 fully saturated rings. The molecule has 0 unspecified atom stereocenters. The molecule has 0 aliphatic rings. The van der Waals surface area contributed by atoms with Crippen molar-refractivity contribution in [1.29, 1.82) is 0 Å². The molecule has 2 rings (SSSR count). The monoisotopic (exact) mass is 409 g/mol. The fraction of sp³-hybridized carbons (Fsp3) is 0.263. The fourth-order valence-electron chi connectivity index (χ4n) is 2.37. The molecule has 8 heteroatoms. The lowest BCUT2D eigenvalue weighted by molar-refractivity contribution is -0.134. The highest BCUT2D eigenvalue weighted by atomic mass is 35.5. The van der Waals surface area contributed by atoms with Crippen molar-refractivity contribution in [3.8, 4) is 0 Å². The van der Waals surface area contributed by atoms with Crippen molar-refractivity contribution in [1.82, 2.24) is 4.90 Å². The minimum Gasteiger partial charge on any atom is -0.452 e. The highest BCUT2D eigenvalue weighted by Gasteiger charge is 2.19. The van der Waals surface area contributed by atoms with Gasteiger partial charge in [-0.2, -0.15) is 0 Å². The van der Waals surface area contributed by atoms with Crippen LogP contribution in [0, 0.1) is 0 Å². The average molecular weight is 410 g/mol. The van der Waals surface area contributed by atoms with E-state index in [9.17, 15) is 18.0 Å². The van der Waals surface area contributed by atoms with Gasteiger partial charge in [-0.05, 0) is 30.7 Å². The SMILES string of the molecule is CCN(Cc1ccccc1)C(=O)COC(=O)c1cc(S(C)(=O)=O)ccc1Cl. The third-order valence-electron chi connectivity index (χ3n) is 3.86. The Morgan fingerprint density at radius 1 is 1.11 bits per heavy atom. The molecule has 0 atom stereocenters. The number of ether oxygens (including phenoxy) is 1. The third kappa shape index (κ3) is 5.80. The number of likely N-dealkylation sites (N-methyl/N-ethyl adjacent to an activating group) is 1. The second-order valence-corrected chi connectivity index (χ2v) is 8.31. The number of hydrogen-bond donors (Lipinski definition) is 0. The number of carbonyl (C=O) groups excluding carboxylic acids is 2. The van der Waals surface area contributed by atoms with Gasteiger partial charge in [0.2, 0.25) is 0 Å². The van der Waals surface area contributed by atoms with Gasteiger partial charge >= 0.3 is 5.97 Å². The summed E-state index contributed by atoms with van der Waals surface area (Å²) in [5, 5.41) is 0.0523. The molecule has 0 spiro atoms. The van der Waals surface area contributed by atoms with Crippen LogP contribution in [0.3, 0.4) is 0 Å². The van der Waals surface area contributed by atoms with Crippen LogP contribution in [0.5, 0.6) is 0 Å². The van der Waals surface area contributed by atoms with E-state index in [2.05, 4.69) is 0 Å². The Balaban J connectivity index is 2.05. The number of benzene rings is 2. The Labute approximate surface area is 163 Å². The van der Waals surface area contributed by atoms with Crippen LogP contribution in [0.1, 0.15) is 22.8 Å². The maximum absolute atomic E-state index is 12.3. The standard InChI is InChI=1S/C19H20ClNO5S/c1-3-21(12-14-7-5-4-6-8-14)18(22)13-26-19(23)16-11-15(27(2,24)25)9-10-17(16)20/h4-11H,3,12-13H2,1-2H3. The van der Waals surface area contributed by atoms with Crippen molar-refractivity contribution < 1.29 is 22.7 Å². The smallest absolute Gasteiger partial charge is 0.340 e. The fourth-order valence-corrected chi connectivity index (χ4v) is 3.21. The molecule has 0 heterocycles. The van der Waals surface area contributed by atoms with Gasteiger partial charge in [0.25, 0.3) is 5.91 Å². The molecule has 0 saturated heterocycles. The number of esters is 1. The van der Waals surface area contributed by atoms with E-state index in [4.69, 9.17) is 16.3 Å². The van der Waals surface area contributed by atoms with Crippen LogP contribution in [-0.2, 0) is 25.9 Å². The lowest BCUT2D eigenvalue weighted by atomic mass is 10.2. The predicted molar refractivity (Wildman–Crippen MR) is 102 cm³/mol. The van der Waals surface area contributed by atoms with E-state index in [-0.39, 0.29) is 21.4 Å². The van der Waals surface area contributed by atoms with E-state index in [1.54, 1.807) is 4.90 Å². The van der Waals surface area contributed by atoms with Crippen LogP contribution in [0.15, 0.2) is 53.4 Å². The number of halogens is 1. The number of hydrogen-bond acceptors (Lipinski definition) is 5. The maximum Gasteiger partial charge on any atom is 0.340 e. The molecule has 0 saturated carbocycles. The summed E-state index contributed by atoms with van der Waals surface area (Å²) in [4.78, 5) is 26.1. The molecular weight excluding hydrogens is 390 g/mol. The van der Waals surface area contributed by atoms with Crippen LogP contribution >= 0.6 is 11.6 Å². The molecule has 0 aliphatic heterocycles. The van der Waals surface area contributed by atoms with Gasteiger partial charge in [-0.15, -0.1) is 0 Å². The van der Waals surface area contributed by atoms with Crippen LogP contribution in [0.2, 0.25) is 5.02 Å². The average Bonchev–Trinajstić information content (AvgIpc) is 2.64. The van der Waals surface area contributed by atoms with Crippen molar-refractivity contribution in [2.75, 3.05) is 19.4 Å². The Hall–Kier alpha value is -2.38. The Bertz CT molecular complexity index is 928. The predicted octanol–water partition coefficient (Wildman–Crippen LogP) is 2.95. The largest absolute Gasteiger partial charge is 0.452 e. The van der Waals surface area contributed by atoms with Gasteiger partial charge in [0.1, 0.15) is 0 Å². The molecule has 2 aromatic rings. The lowest BCUT2D eigenvalue weighted by Gasteiger charge is -2.21. The van der Waals surface area contributed by atoms with Crippen LogP contribution in [0.4, 0.5) is 0 Å².